The molecular weight excluding hydrogens is 226 g/mol. The molecule has 0 aromatic carbocycles. The minimum absolute atomic E-state index is 0.0779. The van der Waals surface area contributed by atoms with Crippen molar-refractivity contribution in [1.82, 2.24) is 4.72 Å². The number of sulfonamides is 1. The van der Waals surface area contributed by atoms with Gasteiger partial charge in [-0.3, -0.25) is 0 Å². The first kappa shape index (κ1) is 12.8. The van der Waals surface area contributed by atoms with Crippen LogP contribution in [0.3, 0.4) is 0 Å². The van der Waals surface area contributed by atoms with Gasteiger partial charge in [0.15, 0.2) is 0 Å². The Labute approximate surface area is 88.3 Å². The Morgan fingerprint density at radius 1 is 1.33 bits per heavy atom. The van der Waals surface area contributed by atoms with Gasteiger partial charge in [0.2, 0.25) is 0 Å². The quantitative estimate of drug-likeness (QED) is 0.737. The zero-order valence-electron chi connectivity index (χ0n) is 8.33. The number of hydrogen-bond acceptors (Lipinski definition) is 3. The second-order valence-electron chi connectivity index (χ2n) is 3.84. The molecule has 0 saturated heterocycles. The largest absolute Gasteiger partial charge is 0.350 e. The van der Waals surface area contributed by atoms with Gasteiger partial charge in [0, 0.05) is 6.54 Å². The van der Waals surface area contributed by atoms with Gasteiger partial charge in [-0.2, -0.15) is 8.78 Å². The van der Waals surface area contributed by atoms with E-state index in [1.54, 1.807) is 0 Å². The molecule has 1 aliphatic carbocycles. The lowest BCUT2D eigenvalue weighted by atomic mass is 9.97. The molecule has 1 rings (SSSR count). The normalized spacial score (nSPS) is 27.5. The van der Waals surface area contributed by atoms with Crippen LogP contribution in [-0.4, -0.2) is 27.3 Å². The highest BCUT2D eigenvalue weighted by Gasteiger charge is 2.29. The van der Waals surface area contributed by atoms with E-state index in [0.717, 1.165) is 19.3 Å². The van der Waals surface area contributed by atoms with Crippen LogP contribution in [0.4, 0.5) is 8.78 Å². The summed E-state index contributed by atoms with van der Waals surface area (Å²) in [7, 11) is -4.44. The van der Waals surface area contributed by atoms with Gasteiger partial charge < -0.3 is 5.73 Å². The van der Waals surface area contributed by atoms with Crippen LogP contribution in [0, 0.1) is 11.8 Å². The molecule has 0 bridgehead atoms. The van der Waals surface area contributed by atoms with Gasteiger partial charge in [-0.25, -0.2) is 13.1 Å². The third-order valence-electron chi connectivity index (χ3n) is 2.90. The summed E-state index contributed by atoms with van der Waals surface area (Å²) >= 11 is 0. The lowest BCUT2D eigenvalue weighted by molar-refractivity contribution is 0.231. The third kappa shape index (κ3) is 3.35. The van der Waals surface area contributed by atoms with E-state index in [9.17, 15) is 17.2 Å². The molecule has 15 heavy (non-hydrogen) atoms. The first-order chi connectivity index (χ1) is 6.97. The standard InChI is InChI=1S/C8H16F2N2O2S/c9-8(10)15(13,14)12-5-7-3-1-2-6(7)4-11/h6-8,12H,1-5,11H2. The van der Waals surface area contributed by atoms with E-state index < -0.39 is 15.8 Å². The van der Waals surface area contributed by atoms with Crippen molar-refractivity contribution in [2.24, 2.45) is 17.6 Å². The van der Waals surface area contributed by atoms with Crippen molar-refractivity contribution in [3.63, 3.8) is 0 Å². The van der Waals surface area contributed by atoms with Crippen LogP contribution < -0.4 is 10.5 Å². The van der Waals surface area contributed by atoms with Crippen LogP contribution >= 0.6 is 0 Å². The van der Waals surface area contributed by atoms with Gasteiger partial charge in [0.05, 0.1) is 0 Å². The van der Waals surface area contributed by atoms with Crippen molar-refractivity contribution in [3.05, 3.63) is 0 Å². The molecule has 2 unspecified atom stereocenters. The van der Waals surface area contributed by atoms with Crippen molar-refractivity contribution in [2.75, 3.05) is 13.1 Å². The highest BCUT2D eigenvalue weighted by atomic mass is 32.2. The summed E-state index contributed by atoms with van der Waals surface area (Å²) in [5, 5.41) is 0. The van der Waals surface area contributed by atoms with Crippen molar-refractivity contribution < 1.29 is 17.2 Å². The molecule has 0 amide bonds. The average Bonchev–Trinajstić information content (AvgIpc) is 2.61. The molecule has 3 N–H and O–H groups in total. The van der Waals surface area contributed by atoms with E-state index in [1.165, 1.54) is 0 Å². The van der Waals surface area contributed by atoms with E-state index >= 15 is 0 Å². The fraction of sp³-hybridized carbons (Fsp3) is 1.00. The van der Waals surface area contributed by atoms with E-state index in [4.69, 9.17) is 5.73 Å². The zero-order chi connectivity index (χ0) is 11.5. The van der Waals surface area contributed by atoms with Crippen LogP contribution in [0.15, 0.2) is 0 Å². The van der Waals surface area contributed by atoms with Gasteiger partial charge in [-0.15, -0.1) is 0 Å². The van der Waals surface area contributed by atoms with Gasteiger partial charge in [0.1, 0.15) is 0 Å². The zero-order valence-corrected chi connectivity index (χ0v) is 9.14. The fourth-order valence-corrected chi connectivity index (χ4v) is 2.55. The molecule has 1 aliphatic rings. The molecule has 0 radical (unpaired) electrons. The molecule has 0 aromatic heterocycles. The smallest absolute Gasteiger partial charge is 0.330 e. The Morgan fingerprint density at radius 3 is 2.47 bits per heavy atom. The van der Waals surface area contributed by atoms with Crippen molar-refractivity contribution in [3.8, 4) is 0 Å². The molecule has 0 aromatic rings. The Hall–Kier alpha value is -0.270. The molecule has 1 saturated carbocycles. The minimum Gasteiger partial charge on any atom is -0.330 e. The highest BCUT2D eigenvalue weighted by molar-refractivity contribution is 7.89. The predicted molar refractivity (Wildman–Crippen MR) is 52.8 cm³/mol. The van der Waals surface area contributed by atoms with E-state index in [-0.39, 0.29) is 18.4 Å². The summed E-state index contributed by atoms with van der Waals surface area (Å²) in [6, 6.07) is 0. The Morgan fingerprint density at radius 2 is 1.93 bits per heavy atom. The van der Waals surface area contributed by atoms with E-state index in [0.29, 0.717) is 6.54 Å². The monoisotopic (exact) mass is 242 g/mol. The van der Waals surface area contributed by atoms with Crippen molar-refractivity contribution in [2.45, 2.75) is 25.0 Å². The summed E-state index contributed by atoms with van der Waals surface area (Å²) in [6.07, 6.45) is 2.80. The number of nitrogens with two attached hydrogens (primary N) is 1. The fourth-order valence-electron chi connectivity index (χ4n) is 1.98. The van der Waals surface area contributed by atoms with Gasteiger partial charge >= 0.3 is 5.76 Å². The molecule has 1 fully saturated rings. The number of alkyl halides is 2. The third-order valence-corrected chi connectivity index (χ3v) is 3.94. The molecule has 0 heterocycles. The van der Waals surface area contributed by atoms with E-state index in [2.05, 4.69) is 0 Å². The predicted octanol–water partition coefficient (Wildman–Crippen LogP) is 0.503. The minimum atomic E-state index is -4.44. The summed E-state index contributed by atoms with van der Waals surface area (Å²) in [5.74, 6) is -3.00. The second kappa shape index (κ2) is 5.18. The van der Waals surface area contributed by atoms with Crippen molar-refractivity contribution >= 4 is 10.0 Å². The molecule has 90 valence electrons. The molecular formula is C8H16F2N2O2S. The van der Waals surface area contributed by atoms with Crippen molar-refractivity contribution in [1.29, 1.82) is 0 Å². The maximum atomic E-state index is 12.0. The summed E-state index contributed by atoms with van der Waals surface area (Å²) in [6.45, 7) is 0.565. The van der Waals surface area contributed by atoms with Crippen LogP contribution in [0.1, 0.15) is 19.3 Å². The number of hydrogen-bond donors (Lipinski definition) is 2. The average molecular weight is 242 g/mol. The summed E-state index contributed by atoms with van der Waals surface area (Å²) < 4.78 is 47.5. The Kier molecular flexibility index (Phi) is 4.42. The lowest BCUT2D eigenvalue weighted by Gasteiger charge is -2.17. The number of nitrogens with one attached hydrogen (secondary N) is 1. The number of rotatable bonds is 5. The maximum absolute atomic E-state index is 12.0. The summed E-state index contributed by atoms with van der Waals surface area (Å²) in [4.78, 5) is 0. The highest BCUT2D eigenvalue weighted by Crippen LogP contribution is 2.30. The molecule has 0 spiro atoms. The lowest BCUT2D eigenvalue weighted by Crippen LogP contribution is -2.35. The molecule has 7 heteroatoms. The maximum Gasteiger partial charge on any atom is 0.350 e. The molecule has 2 atom stereocenters. The van der Waals surface area contributed by atoms with Gasteiger partial charge in [-0.05, 0) is 31.2 Å². The SMILES string of the molecule is NCC1CCCC1CNS(=O)(=O)C(F)F. The van der Waals surface area contributed by atoms with Crippen LogP contribution in [-0.2, 0) is 10.0 Å². The van der Waals surface area contributed by atoms with Crippen LogP contribution in [0.5, 0.6) is 0 Å². The second-order valence-corrected chi connectivity index (χ2v) is 5.58. The van der Waals surface area contributed by atoms with Crippen LogP contribution in [0.2, 0.25) is 0 Å². The van der Waals surface area contributed by atoms with Gasteiger partial charge in [-0.1, -0.05) is 6.42 Å². The Balaban J connectivity index is 2.43. The molecule has 0 aliphatic heterocycles. The first-order valence-electron chi connectivity index (χ1n) is 4.94. The van der Waals surface area contributed by atoms with Gasteiger partial charge in [0.25, 0.3) is 10.0 Å². The number of halogens is 2. The topological polar surface area (TPSA) is 72.2 Å². The van der Waals surface area contributed by atoms with Crippen LogP contribution in [0.25, 0.3) is 0 Å². The first-order valence-corrected chi connectivity index (χ1v) is 6.48. The molecule has 4 nitrogen and oxygen atoms in total. The van der Waals surface area contributed by atoms with E-state index in [1.807, 2.05) is 4.72 Å². The Bertz CT molecular complexity index is 295. The summed E-state index contributed by atoms with van der Waals surface area (Å²) in [5.41, 5.74) is 5.50.